The molecular weight excluding hydrogens is 445 g/mol. The quantitative estimate of drug-likeness (QED) is 0.362. The molecule has 182 valence electrons. The van der Waals surface area contributed by atoms with Crippen molar-refractivity contribution in [1.82, 2.24) is 4.98 Å². The number of fused-ring (bicyclic) bond motifs is 5. The third kappa shape index (κ3) is 4.11. The second-order valence-corrected chi connectivity index (χ2v) is 11.0. The number of nitrogens with zero attached hydrogens (tertiary/aromatic N) is 1. The molecule has 0 N–H and O–H groups in total. The van der Waals surface area contributed by atoms with E-state index in [1.807, 2.05) is 0 Å². The van der Waals surface area contributed by atoms with E-state index in [4.69, 9.17) is 14.0 Å². The van der Waals surface area contributed by atoms with Crippen LogP contribution in [-0.2, 0) is 11.2 Å². The maximum absolute atomic E-state index is 11.6. The van der Waals surface area contributed by atoms with Crippen LogP contribution in [0.1, 0.15) is 73.4 Å². The second-order valence-electron chi connectivity index (χ2n) is 10.8. The fraction of sp³-hybridized carbons (Fsp3) is 0.571. The Hall–Kier alpha value is -2.13. The molecular formula is C28H36NO4P. The highest BCUT2D eigenvalue weighted by Gasteiger charge is 2.55. The molecule has 1 aromatic heterocycles. The van der Waals surface area contributed by atoms with Gasteiger partial charge in [0, 0.05) is 12.3 Å². The highest BCUT2D eigenvalue weighted by molar-refractivity contribution is 7.10. The molecule has 1 heterocycles. The maximum Gasteiger partial charge on any atom is 0.339 e. The Bertz CT molecular complexity index is 1040. The SMILES string of the molecule is COC(=O)c1ccc(OCC[C@H]2CCC3C4C(CC[C@@]32C)c2ccc(OP)cc2C[C@H]4C)nc1. The number of carbonyl (C=O) groups is 1. The number of rotatable bonds is 6. The Kier molecular flexibility index (Phi) is 6.59. The molecule has 0 aliphatic heterocycles. The van der Waals surface area contributed by atoms with Crippen molar-refractivity contribution < 1.29 is 18.8 Å². The molecule has 0 radical (unpaired) electrons. The van der Waals surface area contributed by atoms with E-state index in [1.165, 1.54) is 44.6 Å². The van der Waals surface area contributed by atoms with Gasteiger partial charge in [-0.25, -0.2) is 9.78 Å². The van der Waals surface area contributed by atoms with Gasteiger partial charge >= 0.3 is 5.97 Å². The summed E-state index contributed by atoms with van der Waals surface area (Å²) in [6.07, 6.45) is 8.94. The molecule has 0 saturated heterocycles. The minimum Gasteiger partial charge on any atom is -0.480 e. The molecule has 34 heavy (non-hydrogen) atoms. The molecule has 4 unspecified atom stereocenters. The van der Waals surface area contributed by atoms with Crippen LogP contribution < -0.4 is 9.26 Å². The van der Waals surface area contributed by atoms with Crippen LogP contribution in [0.2, 0.25) is 0 Å². The van der Waals surface area contributed by atoms with Gasteiger partial charge in [0.05, 0.1) is 28.7 Å². The highest BCUT2D eigenvalue weighted by atomic mass is 31.0. The summed E-state index contributed by atoms with van der Waals surface area (Å²) in [5.74, 6) is 4.78. The molecule has 6 heteroatoms. The van der Waals surface area contributed by atoms with Crippen molar-refractivity contribution in [1.29, 1.82) is 0 Å². The van der Waals surface area contributed by atoms with Crippen LogP contribution in [0.4, 0.5) is 0 Å². The fourth-order valence-corrected chi connectivity index (χ4v) is 7.77. The smallest absolute Gasteiger partial charge is 0.339 e. The summed E-state index contributed by atoms with van der Waals surface area (Å²) in [6, 6.07) is 10.2. The largest absolute Gasteiger partial charge is 0.480 e. The standard InChI is InChI=1S/C28H36NO4P/c1-17-14-19-15-21(33-34)6-7-22(19)23-10-12-28(2)20(5-8-24(28)26(17)23)11-13-32-25-9-4-18(16-29-25)27(30)31-3/h4,6-7,9,15-17,20,23-24,26H,5,8,10-14,34H2,1-3H3/t17-,20-,23?,24?,26?,28-/m1/s1. The third-order valence-corrected chi connectivity index (χ3v) is 9.52. The first-order valence-electron chi connectivity index (χ1n) is 12.6. The average Bonchev–Trinajstić information content (AvgIpc) is 3.19. The zero-order valence-corrected chi connectivity index (χ0v) is 21.6. The lowest BCUT2D eigenvalue weighted by Crippen LogP contribution is -2.45. The van der Waals surface area contributed by atoms with Crippen LogP contribution in [0.3, 0.4) is 0 Å². The molecule has 1 aromatic carbocycles. The van der Waals surface area contributed by atoms with E-state index in [1.54, 1.807) is 17.7 Å². The van der Waals surface area contributed by atoms with Crippen molar-refractivity contribution in [2.75, 3.05) is 13.7 Å². The summed E-state index contributed by atoms with van der Waals surface area (Å²) in [4.78, 5) is 15.9. The summed E-state index contributed by atoms with van der Waals surface area (Å²) in [6.45, 7) is 5.70. The number of pyridine rings is 1. The maximum atomic E-state index is 11.6. The van der Waals surface area contributed by atoms with Crippen LogP contribution in [-0.4, -0.2) is 24.7 Å². The number of esters is 1. The van der Waals surface area contributed by atoms with Crippen molar-refractivity contribution in [2.24, 2.45) is 29.1 Å². The van der Waals surface area contributed by atoms with Gasteiger partial charge in [-0.3, -0.25) is 0 Å². The molecule has 7 atom stereocenters. The second kappa shape index (κ2) is 9.49. The number of aromatic nitrogens is 1. The molecule has 5 nitrogen and oxygen atoms in total. The first-order valence-corrected chi connectivity index (χ1v) is 13.1. The van der Waals surface area contributed by atoms with Gasteiger partial charge in [-0.05, 0) is 103 Å². The minimum atomic E-state index is -0.378. The lowest BCUT2D eigenvalue weighted by Gasteiger charge is -2.53. The molecule has 2 aromatic rings. The van der Waals surface area contributed by atoms with Gasteiger partial charge in [0.25, 0.3) is 0 Å². The first-order chi connectivity index (χ1) is 16.4. The summed E-state index contributed by atoms with van der Waals surface area (Å²) in [7, 11) is 3.75. The van der Waals surface area contributed by atoms with Crippen LogP contribution in [0.15, 0.2) is 36.5 Å². The first kappa shape index (κ1) is 23.6. The zero-order chi connectivity index (χ0) is 23.9. The predicted octanol–water partition coefficient (Wildman–Crippen LogP) is 6.22. The Morgan fingerprint density at radius 2 is 2.06 bits per heavy atom. The molecule has 5 rings (SSSR count). The minimum absolute atomic E-state index is 0.378. The topological polar surface area (TPSA) is 57.7 Å². The number of ether oxygens (including phenoxy) is 2. The summed E-state index contributed by atoms with van der Waals surface area (Å²) >= 11 is 0. The lowest BCUT2D eigenvalue weighted by atomic mass is 9.51. The summed E-state index contributed by atoms with van der Waals surface area (Å²) < 4.78 is 16.1. The monoisotopic (exact) mass is 481 g/mol. The van der Waals surface area contributed by atoms with Crippen LogP contribution in [0.25, 0.3) is 0 Å². The van der Waals surface area contributed by atoms with Gasteiger partial charge in [-0.2, -0.15) is 0 Å². The normalized spacial score (nSPS) is 31.7. The predicted molar refractivity (Wildman–Crippen MR) is 135 cm³/mol. The summed E-state index contributed by atoms with van der Waals surface area (Å²) in [5, 5.41) is 0. The Morgan fingerprint density at radius 3 is 2.79 bits per heavy atom. The van der Waals surface area contributed by atoms with E-state index in [9.17, 15) is 4.79 Å². The molecule has 0 bridgehead atoms. The summed E-state index contributed by atoms with van der Waals surface area (Å²) in [5.41, 5.74) is 3.90. The number of methoxy groups -OCH3 is 1. The van der Waals surface area contributed by atoms with Crippen LogP contribution >= 0.6 is 9.47 Å². The van der Waals surface area contributed by atoms with Gasteiger partial charge in [0.2, 0.25) is 5.88 Å². The van der Waals surface area contributed by atoms with Crippen molar-refractivity contribution in [2.45, 2.75) is 58.3 Å². The number of carbonyl (C=O) groups excluding carboxylic acids is 1. The molecule has 2 saturated carbocycles. The van der Waals surface area contributed by atoms with Crippen molar-refractivity contribution in [3.8, 4) is 11.6 Å². The highest BCUT2D eigenvalue weighted by Crippen LogP contribution is 2.64. The molecule has 3 aliphatic rings. The van der Waals surface area contributed by atoms with E-state index in [0.29, 0.717) is 41.2 Å². The number of hydrogen-bond donors (Lipinski definition) is 0. The van der Waals surface area contributed by atoms with Gasteiger partial charge in [-0.1, -0.05) is 19.9 Å². The van der Waals surface area contributed by atoms with Gasteiger partial charge in [-0.15, -0.1) is 0 Å². The number of hydrogen-bond acceptors (Lipinski definition) is 5. The van der Waals surface area contributed by atoms with Crippen LogP contribution in [0, 0.1) is 29.1 Å². The van der Waals surface area contributed by atoms with E-state index < -0.39 is 0 Å². The zero-order valence-electron chi connectivity index (χ0n) is 20.5. The van der Waals surface area contributed by atoms with E-state index in [0.717, 1.165) is 30.4 Å². The average molecular weight is 482 g/mol. The van der Waals surface area contributed by atoms with Crippen molar-refractivity contribution in [3.05, 3.63) is 53.2 Å². The van der Waals surface area contributed by atoms with Crippen molar-refractivity contribution in [3.63, 3.8) is 0 Å². The van der Waals surface area contributed by atoms with Gasteiger partial charge < -0.3 is 14.0 Å². The molecule has 0 amide bonds. The van der Waals surface area contributed by atoms with E-state index in [-0.39, 0.29) is 5.97 Å². The third-order valence-electron chi connectivity index (χ3n) is 9.25. The fourth-order valence-electron chi connectivity index (χ4n) is 7.62. The Balaban J connectivity index is 1.24. The van der Waals surface area contributed by atoms with Crippen molar-refractivity contribution >= 4 is 15.4 Å². The van der Waals surface area contributed by atoms with E-state index >= 15 is 0 Å². The Morgan fingerprint density at radius 1 is 1.21 bits per heavy atom. The molecule has 3 aliphatic carbocycles. The molecule has 0 spiro atoms. The lowest BCUT2D eigenvalue weighted by molar-refractivity contribution is 0.000818. The van der Waals surface area contributed by atoms with Gasteiger partial charge in [0.1, 0.15) is 5.75 Å². The van der Waals surface area contributed by atoms with E-state index in [2.05, 4.69) is 46.5 Å². The number of benzene rings is 1. The van der Waals surface area contributed by atoms with Gasteiger partial charge in [0.15, 0.2) is 0 Å². The Labute approximate surface area is 205 Å². The molecule has 2 fully saturated rings. The van der Waals surface area contributed by atoms with Crippen LogP contribution in [0.5, 0.6) is 11.6 Å².